The van der Waals surface area contributed by atoms with Crippen LogP contribution in [-0.2, 0) is 21.2 Å². The quantitative estimate of drug-likeness (QED) is 0.850. The Bertz CT molecular complexity index is 745. The van der Waals surface area contributed by atoms with Gasteiger partial charge in [-0.3, -0.25) is 0 Å². The van der Waals surface area contributed by atoms with Gasteiger partial charge in [-0.25, -0.2) is 13.1 Å². The fraction of sp³-hybridized carbons (Fsp3) is 0.133. The average molecular weight is 339 g/mol. The second-order valence-corrected chi connectivity index (χ2v) is 6.79. The highest BCUT2D eigenvalue weighted by atomic mass is 35.5. The summed E-state index contributed by atoms with van der Waals surface area (Å²) in [5.41, 5.74) is 0.634. The van der Waals surface area contributed by atoms with Gasteiger partial charge < -0.3 is 9.90 Å². The Balaban J connectivity index is 2.19. The van der Waals surface area contributed by atoms with Crippen LogP contribution in [0.4, 0.5) is 0 Å². The number of carboxylic acid groups (broad SMARTS) is 1. The van der Waals surface area contributed by atoms with Gasteiger partial charge in [0.05, 0.1) is 16.9 Å². The first-order valence-electron chi connectivity index (χ1n) is 6.41. The van der Waals surface area contributed by atoms with E-state index in [9.17, 15) is 18.3 Å². The largest absolute Gasteiger partial charge is 0.548 e. The number of aliphatic carboxylic acids is 1. The summed E-state index contributed by atoms with van der Waals surface area (Å²) in [7, 11) is -3.93. The Morgan fingerprint density at radius 3 is 2.23 bits per heavy atom. The molecule has 0 bridgehead atoms. The van der Waals surface area contributed by atoms with Gasteiger partial charge in [-0.2, -0.15) is 0 Å². The van der Waals surface area contributed by atoms with E-state index in [0.29, 0.717) is 10.6 Å². The van der Waals surface area contributed by atoms with E-state index in [1.165, 1.54) is 12.1 Å². The van der Waals surface area contributed by atoms with Crippen LogP contribution in [0.3, 0.4) is 0 Å². The molecule has 0 aliphatic heterocycles. The summed E-state index contributed by atoms with van der Waals surface area (Å²) >= 11 is 5.76. The number of carbonyl (C=O) groups is 1. The highest BCUT2D eigenvalue weighted by Gasteiger charge is 2.21. The molecular formula is C15H13ClNO4S-. The summed E-state index contributed by atoms with van der Waals surface area (Å²) in [5, 5.41) is 11.7. The molecule has 0 aliphatic carbocycles. The van der Waals surface area contributed by atoms with Crippen molar-refractivity contribution in [3.8, 4) is 0 Å². The van der Waals surface area contributed by atoms with E-state index in [4.69, 9.17) is 11.6 Å². The van der Waals surface area contributed by atoms with Gasteiger partial charge in [-0.1, -0.05) is 41.9 Å². The lowest BCUT2D eigenvalue weighted by Crippen LogP contribution is -2.49. The highest BCUT2D eigenvalue weighted by molar-refractivity contribution is 7.89. The fourth-order valence-corrected chi connectivity index (χ4v) is 3.22. The standard InChI is InChI=1S/C15H14ClNO4S/c16-12-8-6-11(7-9-12)10-14(15(18)19)17-22(20,21)13-4-2-1-3-5-13/h1-9,14,17H,10H2,(H,18,19)/p-1/t14-/m1/s1. The Morgan fingerprint density at radius 1 is 1.09 bits per heavy atom. The van der Waals surface area contributed by atoms with Crippen molar-refractivity contribution in [1.29, 1.82) is 0 Å². The fourth-order valence-electron chi connectivity index (χ4n) is 1.88. The SMILES string of the molecule is O=C([O-])[C@@H](Cc1ccc(Cl)cc1)NS(=O)(=O)c1ccccc1. The first-order chi connectivity index (χ1) is 10.4. The van der Waals surface area contributed by atoms with E-state index < -0.39 is 22.0 Å². The summed E-state index contributed by atoms with van der Waals surface area (Å²) in [6.45, 7) is 0. The van der Waals surface area contributed by atoms with Crippen LogP contribution >= 0.6 is 11.6 Å². The van der Waals surface area contributed by atoms with Crippen LogP contribution in [0.25, 0.3) is 0 Å². The molecule has 22 heavy (non-hydrogen) atoms. The van der Waals surface area contributed by atoms with Crippen molar-refractivity contribution in [2.45, 2.75) is 17.4 Å². The monoisotopic (exact) mass is 338 g/mol. The van der Waals surface area contributed by atoms with Crippen molar-refractivity contribution in [3.05, 3.63) is 65.2 Å². The lowest BCUT2D eigenvalue weighted by atomic mass is 10.1. The maximum Gasteiger partial charge on any atom is 0.241 e. The number of hydrogen-bond donors (Lipinski definition) is 1. The van der Waals surface area contributed by atoms with Crippen molar-refractivity contribution in [1.82, 2.24) is 4.72 Å². The first kappa shape index (κ1) is 16.5. The minimum Gasteiger partial charge on any atom is -0.548 e. The van der Waals surface area contributed by atoms with Crippen molar-refractivity contribution < 1.29 is 18.3 Å². The summed E-state index contributed by atoms with van der Waals surface area (Å²) in [6.07, 6.45) is -0.0361. The van der Waals surface area contributed by atoms with Crippen LogP contribution in [-0.4, -0.2) is 20.4 Å². The second kappa shape index (κ2) is 6.91. The van der Waals surface area contributed by atoms with Crippen LogP contribution in [0.15, 0.2) is 59.5 Å². The van der Waals surface area contributed by atoms with Crippen molar-refractivity contribution in [2.75, 3.05) is 0 Å². The summed E-state index contributed by atoms with van der Waals surface area (Å²) in [4.78, 5) is 11.2. The van der Waals surface area contributed by atoms with Gasteiger partial charge in [-0.15, -0.1) is 0 Å². The van der Waals surface area contributed by atoms with E-state index in [1.54, 1.807) is 42.5 Å². The number of sulfonamides is 1. The maximum absolute atomic E-state index is 12.2. The smallest absolute Gasteiger partial charge is 0.241 e. The number of benzene rings is 2. The molecule has 5 nitrogen and oxygen atoms in total. The molecule has 0 aromatic heterocycles. The van der Waals surface area contributed by atoms with Crippen LogP contribution in [0.1, 0.15) is 5.56 Å². The molecule has 0 amide bonds. The van der Waals surface area contributed by atoms with Crippen molar-refractivity contribution in [2.24, 2.45) is 0 Å². The molecular weight excluding hydrogens is 326 g/mol. The second-order valence-electron chi connectivity index (χ2n) is 4.64. The predicted molar refractivity (Wildman–Crippen MR) is 80.7 cm³/mol. The van der Waals surface area contributed by atoms with Crippen LogP contribution in [0.2, 0.25) is 5.02 Å². The summed E-state index contributed by atoms with van der Waals surface area (Å²) in [5.74, 6) is -1.49. The normalized spacial score (nSPS) is 12.8. The predicted octanol–water partition coefficient (Wildman–Crippen LogP) is 0.979. The lowest BCUT2D eigenvalue weighted by Gasteiger charge is -2.20. The topological polar surface area (TPSA) is 86.3 Å². The summed E-state index contributed by atoms with van der Waals surface area (Å²) in [6, 6.07) is 12.7. The molecule has 0 aliphatic rings. The molecule has 1 N–H and O–H groups in total. The lowest BCUT2D eigenvalue weighted by molar-refractivity contribution is -0.307. The zero-order valence-corrected chi connectivity index (χ0v) is 13.0. The number of carbonyl (C=O) groups excluding carboxylic acids is 1. The van der Waals surface area contributed by atoms with Gasteiger partial charge in [-0.05, 0) is 36.2 Å². The Labute approximate surface area is 133 Å². The highest BCUT2D eigenvalue weighted by Crippen LogP contribution is 2.13. The van der Waals surface area contributed by atoms with Crippen LogP contribution < -0.4 is 9.83 Å². The zero-order chi connectivity index (χ0) is 16.2. The molecule has 0 fully saturated rings. The van der Waals surface area contributed by atoms with Gasteiger partial charge >= 0.3 is 0 Å². The Hall–Kier alpha value is -1.89. The minimum absolute atomic E-state index is 0.00245. The maximum atomic E-state index is 12.2. The molecule has 0 heterocycles. The van der Waals surface area contributed by atoms with Gasteiger partial charge in [0, 0.05) is 5.02 Å². The van der Waals surface area contributed by atoms with Gasteiger partial charge in [0.15, 0.2) is 0 Å². The molecule has 0 unspecified atom stereocenters. The van der Waals surface area contributed by atoms with E-state index >= 15 is 0 Å². The van der Waals surface area contributed by atoms with Gasteiger partial charge in [0.2, 0.25) is 10.0 Å². The molecule has 2 rings (SSSR count). The molecule has 0 saturated heterocycles. The molecule has 7 heteroatoms. The van der Waals surface area contributed by atoms with E-state index in [-0.39, 0.29) is 11.3 Å². The van der Waals surface area contributed by atoms with E-state index in [2.05, 4.69) is 4.72 Å². The Morgan fingerprint density at radius 2 is 1.68 bits per heavy atom. The number of nitrogens with one attached hydrogen (secondary N) is 1. The molecule has 0 saturated carbocycles. The number of halogens is 1. The number of carboxylic acids is 1. The van der Waals surface area contributed by atoms with Crippen LogP contribution in [0, 0.1) is 0 Å². The number of rotatable bonds is 6. The molecule has 0 radical (unpaired) electrons. The van der Waals surface area contributed by atoms with Crippen LogP contribution in [0.5, 0.6) is 0 Å². The third-order valence-electron chi connectivity index (χ3n) is 2.99. The molecule has 116 valence electrons. The molecule has 0 spiro atoms. The minimum atomic E-state index is -3.93. The molecule has 2 aromatic carbocycles. The number of hydrogen-bond acceptors (Lipinski definition) is 4. The zero-order valence-electron chi connectivity index (χ0n) is 11.4. The molecule has 1 atom stereocenters. The van der Waals surface area contributed by atoms with E-state index in [1.807, 2.05) is 0 Å². The first-order valence-corrected chi connectivity index (χ1v) is 8.27. The third kappa shape index (κ3) is 4.30. The van der Waals surface area contributed by atoms with Gasteiger partial charge in [0.1, 0.15) is 0 Å². The average Bonchev–Trinajstić information content (AvgIpc) is 2.49. The van der Waals surface area contributed by atoms with Gasteiger partial charge in [0.25, 0.3) is 0 Å². The van der Waals surface area contributed by atoms with Crippen molar-refractivity contribution in [3.63, 3.8) is 0 Å². The summed E-state index contributed by atoms with van der Waals surface area (Å²) < 4.78 is 26.5. The molecule has 2 aromatic rings. The van der Waals surface area contributed by atoms with Crippen molar-refractivity contribution >= 4 is 27.6 Å². The van der Waals surface area contributed by atoms with E-state index in [0.717, 1.165) is 0 Å². The Kier molecular flexibility index (Phi) is 5.18. The third-order valence-corrected chi connectivity index (χ3v) is 4.73.